The van der Waals surface area contributed by atoms with E-state index in [9.17, 15) is 0 Å². The summed E-state index contributed by atoms with van der Waals surface area (Å²) in [6.07, 6.45) is 0. The number of rotatable bonds is 4. The second-order valence-electron chi connectivity index (χ2n) is 4.73. The van der Waals surface area contributed by atoms with E-state index in [1.54, 1.807) is 11.3 Å². The SMILES string of the molecule is CC(Nc1snc(Cl)c1C#N)c1nc(-c2ccc(Br)cc2)cs1. The highest BCUT2D eigenvalue weighted by molar-refractivity contribution is 9.10. The first kappa shape index (κ1) is 16.4. The number of nitrogens with one attached hydrogen (secondary N) is 1. The molecular formula is C15H10BrClN4S2. The Labute approximate surface area is 155 Å². The van der Waals surface area contributed by atoms with E-state index in [0.717, 1.165) is 20.7 Å². The van der Waals surface area contributed by atoms with Crippen LogP contribution in [0.2, 0.25) is 5.15 Å². The number of nitrogens with zero attached hydrogens (tertiary/aromatic N) is 3. The zero-order valence-corrected chi connectivity index (χ0v) is 15.9. The molecule has 1 N–H and O–H groups in total. The third-order valence-electron chi connectivity index (χ3n) is 3.14. The Morgan fingerprint density at radius 2 is 2.09 bits per heavy atom. The molecule has 0 aliphatic carbocycles. The molecule has 4 nitrogen and oxygen atoms in total. The summed E-state index contributed by atoms with van der Waals surface area (Å²) in [6, 6.07) is 10.1. The van der Waals surface area contributed by atoms with Crippen LogP contribution in [0.1, 0.15) is 23.5 Å². The van der Waals surface area contributed by atoms with E-state index < -0.39 is 0 Å². The molecule has 23 heavy (non-hydrogen) atoms. The van der Waals surface area contributed by atoms with Crippen LogP contribution < -0.4 is 5.32 Å². The molecule has 2 aromatic heterocycles. The van der Waals surface area contributed by atoms with E-state index in [1.165, 1.54) is 11.5 Å². The lowest BCUT2D eigenvalue weighted by atomic mass is 10.2. The Bertz CT molecular complexity index is 866. The molecule has 0 fully saturated rings. The van der Waals surface area contributed by atoms with Crippen LogP contribution in [0.25, 0.3) is 11.3 Å². The fraction of sp³-hybridized carbons (Fsp3) is 0.133. The monoisotopic (exact) mass is 424 g/mol. The van der Waals surface area contributed by atoms with Crippen molar-refractivity contribution in [2.75, 3.05) is 5.32 Å². The van der Waals surface area contributed by atoms with Gasteiger partial charge in [-0.05, 0) is 30.6 Å². The number of thiazole rings is 1. The minimum atomic E-state index is -0.0344. The van der Waals surface area contributed by atoms with Crippen molar-refractivity contribution < 1.29 is 0 Å². The standard InChI is InChI=1S/C15H10BrClN4S2/c1-8(19-15-11(6-18)13(17)21-23-15)14-20-12(7-22-14)9-2-4-10(16)5-3-9/h2-5,7-8,19H,1H3. The molecule has 0 bridgehead atoms. The van der Waals surface area contributed by atoms with Gasteiger partial charge in [-0.3, -0.25) is 0 Å². The smallest absolute Gasteiger partial charge is 0.162 e. The van der Waals surface area contributed by atoms with E-state index in [1.807, 2.05) is 36.6 Å². The highest BCUT2D eigenvalue weighted by Gasteiger charge is 2.17. The van der Waals surface area contributed by atoms with E-state index in [-0.39, 0.29) is 11.2 Å². The molecule has 1 aromatic carbocycles. The van der Waals surface area contributed by atoms with Gasteiger partial charge in [-0.2, -0.15) is 9.64 Å². The van der Waals surface area contributed by atoms with Gasteiger partial charge in [-0.1, -0.05) is 39.7 Å². The van der Waals surface area contributed by atoms with Crippen molar-refractivity contribution in [1.29, 1.82) is 5.26 Å². The molecular weight excluding hydrogens is 416 g/mol. The van der Waals surface area contributed by atoms with Gasteiger partial charge >= 0.3 is 0 Å². The maximum atomic E-state index is 9.12. The zero-order chi connectivity index (χ0) is 16.4. The molecule has 3 rings (SSSR count). The van der Waals surface area contributed by atoms with Crippen molar-refractivity contribution in [3.05, 3.63) is 49.8 Å². The average molecular weight is 426 g/mol. The van der Waals surface area contributed by atoms with Gasteiger partial charge in [0, 0.05) is 15.4 Å². The van der Waals surface area contributed by atoms with Gasteiger partial charge in [-0.15, -0.1) is 11.3 Å². The Kier molecular flexibility index (Phi) is 4.97. The molecule has 8 heteroatoms. The van der Waals surface area contributed by atoms with Crippen LogP contribution in [-0.4, -0.2) is 9.36 Å². The number of hydrogen-bond acceptors (Lipinski definition) is 6. The van der Waals surface area contributed by atoms with E-state index >= 15 is 0 Å². The molecule has 2 heterocycles. The first-order valence-electron chi connectivity index (χ1n) is 6.61. The topological polar surface area (TPSA) is 61.6 Å². The minimum Gasteiger partial charge on any atom is -0.366 e. The van der Waals surface area contributed by atoms with Crippen LogP contribution in [0.15, 0.2) is 34.1 Å². The molecule has 0 saturated carbocycles. The third kappa shape index (κ3) is 3.56. The fourth-order valence-corrected chi connectivity index (χ4v) is 4.09. The molecule has 0 radical (unpaired) electrons. The largest absolute Gasteiger partial charge is 0.366 e. The van der Waals surface area contributed by atoms with Crippen molar-refractivity contribution in [3.8, 4) is 17.3 Å². The van der Waals surface area contributed by atoms with Crippen LogP contribution >= 0.6 is 50.4 Å². The van der Waals surface area contributed by atoms with E-state index in [2.05, 4.69) is 36.7 Å². The Balaban J connectivity index is 1.80. The molecule has 0 saturated heterocycles. The number of aromatic nitrogens is 2. The van der Waals surface area contributed by atoms with Gasteiger partial charge in [0.1, 0.15) is 21.6 Å². The summed E-state index contributed by atoms with van der Waals surface area (Å²) in [7, 11) is 0. The lowest BCUT2D eigenvalue weighted by Gasteiger charge is -2.10. The number of benzene rings is 1. The van der Waals surface area contributed by atoms with Crippen molar-refractivity contribution in [2.24, 2.45) is 0 Å². The summed E-state index contributed by atoms with van der Waals surface area (Å²) in [6.45, 7) is 2.00. The summed E-state index contributed by atoms with van der Waals surface area (Å²) < 4.78 is 5.04. The quantitative estimate of drug-likeness (QED) is 0.580. The number of hydrogen-bond donors (Lipinski definition) is 1. The fourth-order valence-electron chi connectivity index (χ4n) is 1.96. The van der Waals surface area contributed by atoms with Crippen molar-refractivity contribution in [2.45, 2.75) is 13.0 Å². The molecule has 1 atom stereocenters. The highest BCUT2D eigenvalue weighted by Crippen LogP contribution is 2.32. The number of anilines is 1. The second-order valence-corrected chi connectivity index (χ2v) is 7.67. The highest BCUT2D eigenvalue weighted by atomic mass is 79.9. The molecule has 0 spiro atoms. The maximum Gasteiger partial charge on any atom is 0.162 e. The molecule has 116 valence electrons. The van der Waals surface area contributed by atoms with Gasteiger partial charge < -0.3 is 5.32 Å². The van der Waals surface area contributed by atoms with Crippen LogP contribution in [0, 0.1) is 11.3 Å². The summed E-state index contributed by atoms with van der Waals surface area (Å²) in [5.74, 6) is 0. The van der Waals surface area contributed by atoms with Gasteiger partial charge in [0.25, 0.3) is 0 Å². The Hall–Kier alpha value is -1.46. The van der Waals surface area contributed by atoms with Crippen LogP contribution in [0.4, 0.5) is 5.00 Å². The maximum absolute atomic E-state index is 9.12. The summed E-state index contributed by atoms with van der Waals surface area (Å²) in [5.41, 5.74) is 2.39. The molecule has 0 amide bonds. The van der Waals surface area contributed by atoms with Crippen molar-refractivity contribution in [3.63, 3.8) is 0 Å². The molecule has 1 unspecified atom stereocenters. The predicted molar refractivity (Wildman–Crippen MR) is 99.1 cm³/mol. The summed E-state index contributed by atoms with van der Waals surface area (Å²) in [5, 5.41) is 16.3. The first-order valence-corrected chi connectivity index (χ1v) is 9.44. The average Bonchev–Trinajstić information content (AvgIpc) is 3.15. The van der Waals surface area contributed by atoms with Gasteiger partial charge in [0.05, 0.1) is 11.7 Å². The second kappa shape index (κ2) is 6.97. The van der Waals surface area contributed by atoms with Gasteiger partial charge in [-0.25, -0.2) is 4.98 Å². The normalized spacial score (nSPS) is 11.9. The summed E-state index contributed by atoms with van der Waals surface area (Å²) in [4.78, 5) is 4.68. The number of halogens is 2. The van der Waals surface area contributed by atoms with Crippen LogP contribution in [0.5, 0.6) is 0 Å². The number of nitriles is 1. The first-order chi connectivity index (χ1) is 11.1. The van der Waals surface area contributed by atoms with Gasteiger partial charge in [0.2, 0.25) is 0 Å². The predicted octanol–water partition coefficient (Wildman–Crippen LogP) is 5.73. The lowest BCUT2D eigenvalue weighted by Crippen LogP contribution is -2.06. The van der Waals surface area contributed by atoms with Crippen molar-refractivity contribution >= 4 is 55.4 Å². The van der Waals surface area contributed by atoms with Crippen molar-refractivity contribution in [1.82, 2.24) is 9.36 Å². The zero-order valence-electron chi connectivity index (χ0n) is 11.9. The third-order valence-corrected chi connectivity index (χ3v) is 5.85. The molecule has 0 aliphatic rings. The molecule has 0 aliphatic heterocycles. The van der Waals surface area contributed by atoms with Gasteiger partial charge in [0.15, 0.2) is 5.15 Å². The Morgan fingerprint density at radius 1 is 1.35 bits per heavy atom. The Morgan fingerprint density at radius 3 is 2.78 bits per heavy atom. The minimum absolute atomic E-state index is 0.0344. The van der Waals surface area contributed by atoms with E-state index in [4.69, 9.17) is 16.9 Å². The molecule has 3 aromatic rings. The van der Waals surface area contributed by atoms with E-state index in [0.29, 0.717) is 10.6 Å². The van der Waals surface area contributed by atoms with Crippen LogP contribution in [-0.2, 0) is 0 Å². The summed E-state index contributed by atoms with van der Waals surface area (Å²) >= 11 is 12.1. The van der Waals surface area contributed by atoms with Crippen LogP contribution in [0.3, 0.4) is 0 Å². The lowest BCUT2D eigenvalue weighted by molar-refractivity contribution is 0.874.